The first-order valence-corrected chi connectivity index (χ1v) is 10.3. The lowest BCUT2D eigenvalue weighted by Gasteiger charge is -2.11. The average molecular weight is 441 g/mol. The van der Waals surface area contributed by atoms with Crippen molar-refractivity contribution in [3.8, 4) is 11.5 Å². The molecule has 0 bridgehead atoms. The van der Waals surface area contributed by atoms with Gasteiger partial charge in [0.05, 0.1) is 12.1 Å². The molecule has 0 heterocycles. The highest BCUT2D eigenvalue weighted by Gasteiger charge is 2.09. The molecule has 0 aliphatic rings. The van der Waals surface area contributed by atoms with Crippen LogP contribution in [0.3, 0.4) is 0 Å². The summed E-state index contributed by atoms with van der Waals surface area (Å²) in [6.45, 7) is 2.47. The van der Waals surface area contributed by atoms with Gasteiger partial charge in [0.2, 0.25) is 0 Å². The molecular weight excluding hydrogens is 419 g/mol. The molecule has 3 aromatic carbocycles. The Morgan fingerprint density at radius 2 is 1.77 bits per heavy atom. The van der Waals surface area contributed by atoms with Crippen molar-refractivity contribution >= 4 is 35.1 Å². The fraction of sp³-hybridized carbons (Fsp3) is 0.160. The molecule has 0 aromatic heterocycles. The van der Waals surface area contributed by atoms with Gasteiger partial charge in [0, 0.05) is 16.1 Å². The number of benzene rings is 3. The third kappa shape index (κ3) is 5.65. The zero-order valence-corrected chi connectivity index (χ0v) is 18.3. The first-order chi connectivity index (χ1) is 14.5. The van der Waals surface area contributed by atoms with Crippen molar-refractivity contribution in [2.45, 2.75) is 20.0 Å². The van der Waals surface area contributed by atoms with Crippen LogP contribution in [-0.4, -0.2) is 12.9 Å². The van der Waals surface area contributed by atoms with Gasteiger partial charge in [-0.1, -0.05) is 54.4 Å². The van der Waals surface area contributed by atoms with E-state index in [4.69, 9.17) is 32.7 Å². The van der Waals surface area contributed by atoms with Gasteiger partial charge in [-0.15, -0.1) is 0 Å². The first-order valence-electron chi connectivity index (χ1n) is 9.56. The lowest BCUT2D eigenvalue weighted by atomic mass is 10.1. The molecule has 3 aromatic rings. The maximum absolute atomic E-state index is 12.5. The highest BCUT2D eigenvalue weighted by molar-refractivity contribution is 6.37. The number of hydrogen-bond acceptors (Lipinski definition) is 3. The van der Waals surface area contributed by atoms with E-state index < -0.39 is 0 Å². The quantitative estimate of drug-likeness (QED) is 0.278. The maximum Gasteiger partial charge on any atom is 0.187 e. The minimum absolute atomic E-state index is 0.193. The number of allylic oxidation sites excluding steroid dienone is 1. The van der Waals surface area contributed by atoms with Crippen molar-refractivity contribution in [1.29, 1.82) is 0 Å². The normalized spacial score (nSPS) is 10.9. The van der Waals surface area contributed by atoms with Gasteiger partial charge in [0.1, 0.15) is 18.1 Å². The molecule has 0 saturated heterocycles. The Kier molecular flexibility index (Phi) is 7.56. The summed E-state index contributed by atoms with van der Waals surface area (Å²) >= 11 is 12.0. The fourth-order valence-electron chi connectivity index (χ4n) is 2.95. The second-order valence-corrected chi connectivity index (χ2v) is 7.52. The van der Waals surface area contributed by atoms with Gasteiger partial charge in [0.25, 0.3) is 0 Å². The molecule has 0 unspecified atom stereocenters. The average Bonchev–Trinajstić information content (AvgIpc) is 2.76. The summed E-state index contributed by atoms with van der Waals surface area (Å²) in [5.41, 5.74) is 3.41. The van der Waals surface area contributed by atoms with Crippen molar-refractivity contribution in [2.24, 2.45) is 0 Å². The van der Waals surface area contributed by atoms with E-state index in [1.807, 2.05) is 30.3 Å². The van der Waals surface area contributed by atoms with Gasteiger partial charge in [-0.2, -0.15) is 0 Å². The van der Waals surface area contributed by atoms with Crippen LogP contribution in [0.2, 0.25) is 10.0 Å². The van der Waals surface area contributed by atoms with E-state index in [9.17, 15) is 4.79 Å². The molecule has 0 aliphatic carbocycles. The predicted octanol–water partition coefficient (Wildman–Crippen LogP) is 7.04. The Morgan fingerprint density at radius 3 is 2.43 bits per heavy atom. The lowest BCUT2D eigenvalue weighted by Crippen LogP contribution is -2.00. The molecule has 3 nitrogen and oxygen atoms in total. The Balaban J connectivity index is 1.74. The number of aryl methyl sites for hydroxylation is 1. The van der Waals surface area contributed by atoms with Crippen LogP contribution in [0.25, 0.3) is 6.08 Å². The van der Waals surface area contributed by atoms with Crippen molar-refractivity contribution < 1.29 is 14.3 Å². The SMILES string of the molecule is CCc1ccc(OCc2cc(/C=C/C(=O)c3ccc(Cl)cc3Cl)ccc2OC)cc1. The van der Waals surface area contributed by atoms with E-state index in [2.05, 4.69) is 19.1 Å². The van der Waals surface area contributed by atoms with E-state index >= 15 is 0 Å². The zero-order chi connectivity index (χ0) is 21.5. The van der Waals surface area contributed by atoms with E-state index in [0.717, 1.165) is 29.0 Å². The highest BCUT2D eigenvalue weighted by atomic mass is 35.5. The van der Waals surface area contributed by atoms with Gasteiger partial charge in [-0.3, -0.25) is 4.79 Å². The third-order valence-electron chi connectivity index (χ3n) is 4.65. The van der Waals surface area contributed by atoms with Gasteiger partial charge < -0.3 is 9.47 Å². The summed E-state index contributed by atoms with van der Waals surface area (Å²) in [5, 5.41) is 0.819. The van der Waals surface area contributed by atoms with Crippen LogP contribution in [0.4, 0.5) is 0 Å². The lowest BCUT2D eigenvalue weighted by molar-refractivity contribution is 0.104. The molecule has 0 atom stereocenters. The summed E-state index contributed by atoms with van der Waals surface area (Å²) in [4.78, 5) is 12.5. The first kappa shape index (κ1) is 21.9. The minimum atomic E-state index is -0.193. The van der Waals surface area contributed by atoms with Gasteiger partial charge in [-0.05, 0) is 66.1 Å². The minimum Gasteiger partial charge on any atom is -0.496 e. The van der Waals surface area contributed by atoms with Crippen molar-refractivity contribution in [3.05, 3.63) is 99.0 Å². The zero-order valence-electron chi connectivity index (χ0n) is 16.8. The topological polar surface area (TPSA) is 35.5 Å². The standard InChI is InChI=1S/C25H22Cl2O3/c1-3-17-4-9-21(10-5-17)30-16-19-14-18(7-13-25(19)29-2)6-12-24(28)22-11-8-20(26)15-23(22)27/h4-15H,3,16H2,1-2H3/b12-6+. The van der Waals surface area contributed by atoms with E-state index in [1.165, 1.54) is 11.6 Å². The molecule has 0 saturated carbocycles. The summed E-state index contributed by atoms with van der Waals surface area (Å²) in [6, 6.07) is 18.5. The molecule has 0 fully saturated rings. The second-order valence-electron chi connectivity index (χ2n) is 6.68. The predicted molar refractivity (Wildman–Crippen MR) is 123 cm³/mol. The number of methoxy groups -OCH3 is 1. The molecule has 0 amide bonds. The molecule has 154 valence electrons. The molecule has 30 heavy (non-hydrogen) atoms. The van der Waals surface area contributed by atoms with Crippen molar-refractivity contribution in [2.75, 3.05) is 7.11 Å². The number of carbonyl (C=O) groups excluding carboxylic acids is 1. The molecule has 0 radical (unpaired) electrons. The fourth-order valence-corrected chi connectivity index (χ4v) is 3.45. The highest BCUT2D eigenvalue weighted by Crippen LogP contribution is 2.25. The summed E-state index contributed by atoms with van der Waals surface area (Å²) in [6.07, 6.45) is 4.22. The van der Waals surface area contributed by atoms with Crippen molar-refractivity contribution in [1.82, 2.24) is 0 Å². The smallest absolute Gasteiger partial charge is 0.187 e. The summed E-state index contributed by atoms with van der Waals surface area (Å²) in [5.74, 6) is 1.33. The van der Waals surface area contributed by atoms with E-state index in [-0.39, 0.29) is 5.78 Å². The summed E-state index contributed by atoms with van der Waals surface area (Å²) in [7, 11) is 1.62. The van der Waals surface area contributed by atoms with Crippen LogP contribution in [0, 0.1) is 0 Å². The number of halogens is 2. The number of carbonyl (C=O) groups is 1. The largest absolute Gasteiger partial charge is 0.496 e. The molecular formula is C25H22Cl2O3. The number of hydrogen-bond donors (Lipinski definition) is 0. The number of ether oxygens (including phenoxy) is 2. The van der Waals surface area contributed by atoms with Gasteiger partial charge in [0.15, 0.2) is 5.78 Å². The van der Waals surface area contributed by atoms with Crippen LogP contribution in [0.5, 0.6) is 11.5 Å². The van der Waals surface area contributed by atoms with Crippen LogP contribution in [-0.2, 0) is 13.0 Å². The van der Waals surface area contributed by atoms with Gasteiger partial charge >= 0.3 is 0 Å². The molecule has 0 N–H and O–H groups in total. The van der Waals surface area contributed by atoms with E-state index in [0.29, 0.717) is 22.2 Å². The third-order valence-corrected chi connectivity index (χ3v) is 5.20. The molecule has 3 rings (SSSR count). The molecule has 0 aliphatic heterocycles. The number of rotatable bonds is 8. The van der Waals surface area contributed by atoms with Crippen LogP contribution in [0.15, 0.2) is 66.7 Å². The van der Waals surface area contributed by atoms with Crippen LogP contribution in [0.1, 0.15) is 34.0 Å². The van der Waals surface area contributed by atoms with Crippen LogP contribution >= 0.6 is 23.2 Å². The molecule has 5 heteroatoms. The van der Waals surface area contributed by atoms with Crippen LogP contribution < -0.4 is 9.47 Å². The number of ketones is 1. The van der Waals surface area contributed by atoms with Gasteiger partial charge in [-0.25, -0.2) is 0 Å². The monoisotopic (exact) mass is 440 g/mol. The second kappa shape index (κ2) is 10.3. The summed E-state index contributed by atoms with van der Waals surface area (Å²) < 4.78 is 11.4. The maximum atomic E-state index is 12.5. The Morgan fingerprint density at radius 1 is 1.00 bits per heavy atom. The Labute approximate surface area is 186 Å². The Hall–Kier alpha value is -2.75. The Bertz CT molecular complexity index is 1060. The van der Waals surface area contributed by atoms with Crippen molar-refractivity contribution in [3.63, 3.8) is 0 Å². The van der Waals surface area contributed by atoms with E-state index in [1.54, 1.807) is 31.4 Å². The molecule has 0 spiro atoms.